The number of aromatic hydroxyl groups is 1. The highest BCUT2D eigenvalue weighted by molar-refractivity contribution is 5.95. The third-order valence-corrected chi connectivity index (χ3v) is 9.59. The number of benzene rings is 3. The van der Waals surface area contributed by atoms with E-state index in [2.05, 4.69) is 47.0 Å². The number of anilines is 2. The molecule has 0 saturated carbocycles. The molecular formula is C43H54F2N10O9. The number of hydrogen-bond acceptors (Lipinski definition) is 13. The number of phenolic OH excluding ortho intramolecular Hbond substituents is 1. The van der Waals surface area contributed by atoms with Crippen LogP contribution in [-0.4, -0.2) is 86.8 Å². The molecular weight excluding hydrogens is 839 g/mol. The number of carbonyl (C=O) groups is 4. The summed E-state index contributed by atoms with van der Waals surface area (Å²) in [5, 5.41) is 28.1. The summed E-state index contributed by atoms with van der Waals surface area (Å²) in [4.78, 5) is 84.0. The van der Waals surface area contributed by atoms with Crippen molar-refractivity contribution in [2.24, 2.45) is 16.6 Å². The van der Waals surface area contributed by atoms with Gasteiger partial charge in [0.15, 0.2) is 5.96 Å². The minimum atomic E-state index is -1.24. The number of guanidine groups is 1. The predicted octanol–water partition coefficient (Wildman–Crippen LogP) is 1.69. The average molecular weight is 893 g/mol. The molecule has 0 radical (unpaired) electrons. The molecule has 0 heterocycles. The van der Waals surface area contributed by atoms with Crippen molar-refractivity contribution in [2.75, 3.05) is 56.6 Å². The normalized spacial score (nSPS) is 12.2. The van der Waals surface area contributed by atoms with E-state index in [9.17, 15) is 42.7 Å². The van der Waals surface area contributed by atoms with Crippen molar-refractivity contribution in [3.8, 4) is 11.5 Å². The van der Waals surface area contributed by atoms with Gasteiger partial charge in [0.25, 0.3) is 10.9 Å². The number of hydrogen-bond donors (Lipinski definition) is 10. The zero-order valence-electron chi connectivity index (χ0n) is 35.3. The van der Waals surface area contributed by atoms with E-state index in [1.165, 1.54) is 0 Å². The molecule has 2 unspecified atom stereocenters. The topological polar surface area (TPSA) is 290 Å². The van der Waals surface area contributed by atoms with E-state index in [0.29, 0.717) is 54.8 Å². The second kappa shape index (κ2) is 25.7. The lowest BCUT2D eigenvalue weighted by Crippen LogP contribution is -2.48. The van der Waals surface area contributed by atoms with Crippen LogP contribution in [-0.2, 0) is 25.8 Å². The molecule has 0 aliphatic rings. The number of nitrogens with zero attached hydrogens (tertiary/aromatic N) is 1. The molecule has 4 aromatic carbocycles. The van der Waals surface area contributed by atoms with Crippen LogP contribution in [0.4, 0.5) is 25.0 Å². The Morgan fingerprint density at radius 3 is 2.14 bits per heavy atom. The maximum Gasteiger partial charge on any atom is 0.321 e. The van der Waals surface area contributed by atoms with Crippen molar-refractivity contribution >= 4 is 41.1 Å². The van der Waals surface area contributed by atoms with Gasteiger partial charge in [0, 0.05) is 63.4 Å². The smallest absolute Gasteiger partial charge is 0.321 e. The van der Waals surface area contributed by atoms with Gasteiger partial charge in [0.1, 0.15) is 40.6 Å². The molecule has 0 fully saturated rings. The number of nitrogens with one attached hydrogen (secondary N) is 7. The van der Waals surface area contributed by atoms with Crippen molar-refractivity contribution < 1.29 is 42.6 Å². The first-order valence-electron chi connectivity index (χ1n) is 20.6. The van der Waals surface area contributed by atoms with Gasteiger partial charge in [-0.3, -0.25) is 34.3 Å². The largest absolute Gasteiger partial charge is 0.508 e. The zero-order valence-corrected chi connectivity index (χ0v) is 35.3. The Kier molecular flexibility index (Phi) is 19.9. The van der Waals surface area contributed by atoms with Gasteiger partial charge in [-0.1, -0.05) is 49.4 Å². The van der Waals surface area contributed by atoms with Crippen molar-refractivity contribution in [1.82, 2.24) is 26.6 Å². The van der Waals surface area contributed by atoms with Crippen LogP contribution >= 0.6 is 0 Å². The Morgan fingerprint density at radius 2 is 1.45 bits per heavy atom. The molecule has 21 heteroatoms. The summed E-state index contributed by atoms with van der Waals surface area (Å²) >= 11 is 0. The summed E-state index contributed by atoms with van der Waals surface area (Å²) in [6.45, 7) is 2.57. The Bertz CT molecular complexity index is 2270. The van der Waals surface area contributed by atoms with Crippen molar-refractivity contribution in [3.63, 3.8) is 0 Å². The number of aliphatic imine (C=N–C) groups is 1. The van der Waals surface area contributed by atoms with Crippen LogP contribution in [0.5, 0.6) is 11.5 Å². The average Bonchev–Trinajstić information content (AvgIpc) is 3.27. The molecule has 5 amide bonds. The van der Waals surface area contributed by atoms with Crippen LogP contribution in [0.25, 0.3) is 0 Å². The van der Waals surface area contributed by atoms with Gasteiger partial charge in [0.05, 0.1) is 19.1 Å². The minimum absolute atomic E-state index is 0.01000. The number of amides is 5. The number of rotatable bonds is 26. The maximum absolute atomic E-state index is 14.6. The van der Waals surface area contributed by atoms with Crippen molar-refractivity contribution in [3.05, 3.63) is 116 Å². The Hall–Kier alpha value is -7.13. The van der Waals surface area contributed by atoms with Gasteiger partial charge >= 0.3 is 6.03 Å². The Balaban J connectivity index is 1.42. The molecule has 0 aromatic heterocycles. The molecule has 2 atom stereocenters. The van der Waals surface area contributed by atoms with Gasteiger partial charge in [0.2, 0.25) is 17.7 Å². The highest BCUT2D eigenvalue weighted by Gasteiger charge is 2.29. The first-order valence-corrected chi connectivity index (χ1v) is 20.6. The zero-order chi connectivity index (χ0) is 46.4. The third kappa shape index (κ3) is 15.3. The van der Waals surface area contributed by atoms with E-state index in [1.807, 2.05) is 0 Å². The molecule has 64 heavy (non-hydrogen) atoms. The van der Waals surface area contributed by atoms with Gasteiger partial charge in [-0.15, -0.1) is 0 Å². The van der Waals surface area contributed by atoms with Gasteiger partial charge in [-0.05, 0) is 48.9 Å². The molecule has 12 N–H and O–H groups in total. The number of ether oxygens (including phenoxy) is 1. The Morgan fingerprint density at radius 1 is 0.781 bits per heavy atom. The number of carbonyl (C=O) groups excluding carboxylic acids is 4. The Labute approximate surface area is 367 Å². The van der Waals surface area contributed by atoms with Crippen LogP contribution < -0.4 is 64.4 Å². The lowest BCUT2D eigenvalue weighted by Gasteiger charge is -2.23. The third-order valence-electron chi connectivity index (χ3n) is 9.59. The molecule has 0 saturated heterocycles. The fraction of sp³-hybridized carbons (Fsp3) is 0.372. The summed E-state index contributed by atoms with van der Waals surface area (Å²) in [6.07, 6.45) is 1.63. The van der Waals surface area contributed by atoms with Gasteiger partial charge in [-0.2, -0.15) is 0 Å². The quantitative estimate of drug-likeness (QED) is 0.0141. The second-order valence-corrected chi connectivity index (χ2v) is 14.3. The molecule has 0 spiro atoms. The van der Waals surface area contributed by atoms with E-state index < -0.39 is 70.2 Å². The van der Waals surface area contributed by atoms with Crippen LogP contribution in [0.2, 0.25) is 0 Å². The summed E-state index contributed by atoms with van der Waals surface area (Å²) in [6, 6.07) is 15.2. The van der Waals surface area contributed by atoms with E-state index in [1.54, 1.807) is 61.5 Å². The summed E-state index contributed by atoms with van der Waals surface area (Å²) in [5.41, 5.74) is 5.67. The SMILES string of the molecule is CCC(=O)NCCNC(=O)NC(N)=NCCCC(NC(=O)C(c1ccccc1)c1cccc(OCCCCNc2c(NCCON)c(=O)c2=O)c1)C(=O)NCc1c(F)cc(O)cc1F. The second-order valence-electron chi connectivity index (χ2n) is 14.3. The van der Waals surface area contributed by atoms with E-state index in [0.717, 1.165) is 0 Å². The van der Waals surface area contributed by atoms with Gasteiger partial charge < -0.3 is 52.3 Å². The van der Waals surface area contributed by atoms with Crippen LogP contribution in [0, 0.1) is 11.6 Å². The summed E-state index contributed by atoms with van der Waals surface area (Å²) in [7, 11) is 0. The lowest BCUT2D eigenvalue weighted by atomic mass is 9.90. The lowest BCUT2D eigenvalue weighted by molar-refractivity contribution is -0.129. The van der Waals surface area contributed by atoms with E-state index in [-0.39, 0.29) is 75.5 Å². The standard InChI is InChI=1S/C43H54F2N10O9/c1-2-34(57)48-17-18-52-43(62)55-42(46)51-16-9-14-33(40(60)53-25-30-31(44)23-28(56)24-32(30)45)54-41(61)35(26-10-4-3-5-11-26)27-12-8-13-29(22-27)63-20-7-6-15-49-36-37(39(59)38(36)58)50-19-21-64-47/h3-5,8,10-13,22-24,33,35,49-50,56H,2,6-7,9,14-21,25,47H2,1H3,(H,48,57)(H,53,60)(H,54,61)(H4,46,51,52,55,62). The van der Waals surface area contributed by atoms with Crippen molar-refractivity contribution in [1.29, 1.82) is 0 Å². The van der Waals surface area contributed by atoms with Crippen molar-refractivity contribution in [2.45, 2.75) is 57.5 Å². The van der Waals surface area contributed by atoms with Crippen LogP contribution in [0.3, 0.4) is 0 Å². The predicted molar refractivity (Wildman–Crippen MR) is 235 cm³/mol. The first kappa shape index (κ1) is 49.5. The fourth-order valence-corrected chi connectivity index (χ4v) is 6.30. The van der Waals surface area contributed by atoms with E-state index in [4.69, 9.17) is 16.4 Å². The molecule has 0 bridgehead atoms. The number of halogens is 2. The van der Waals surface area contributed by atoms with Gasteiger partial charge in [-0.25, -0.2) is 19.5 Å². The number of urea groups is 1. The minimum Gasteiger partial charge on any atom is -0.508 e. The molecule has 4 aromatic rings. The monoisotopic (exact) mass is 892 g/mol. The highest BCUT2D eigenvalue weighted by atomic mass is 19.1. The number of phenols is 1. The van der Waals surface area contributed by atoms with Crippen LogP contribution in [0.15, 0.2) is 81.3 Å². The maximum atomic E-state index is 14.6. The molecule has 344 valence electrons. The highest BCUT2D eigenvalue weighted by Crippen LogP contribution is 2.28. The molecule has 19 nitrogen and oxygen atoms in total. The fourth-order valence-electron chi connectivity index (χ4n) is 6.30. The molecule has 4 rings (SSSR count). The number of unbranched alkanes of at least 4 members (excludes halogenated alkanes) is 1. The molecule has 0 aliphatic heterocycles. The van der Waals surface area contributed by atoms with Crippen LogP contribution in [0.1, 0.15) is 61.6 Å². The molecule has 0 aliphatic carbocycles. The number of nitrogens with two attached hydrogens (primary N) is 2. The van der Waals surface area contributed by atoms with E-state index >= 15 is 0 Å². The first-order chi connectivity index (χ1) is 30.8. The summed E-state index contributed by atoms with van der Waals surface area (Å²) < 4.78 is 35.1. The summed E-state index contributed by atoms with van der Waals surface area (Å²) in [5.74, 6) is 0.00879.